The fourth-order valence-electron chi connectivity index (χ4n) is 6.14. The van der Waals surface area contributed by atoms with Crippen molar-refractivity contribution in [3.05, 3.63) is 89.2 Å². The zero-order chi connectivity index (χ0) is 27.4. The molecule has 1 saturated heterocycles. The van der Waals surface area contributed by atoms with E-state index in [1.807, 2.05) is 77.5 Å². The van der Waals surface area contributed by atoms with Gasteiger partial charge in [0.1, 0.15) is 5.75 Å². The number of hydrogen-bond acceptors (Lipinski definition) is 5. The third-order valence-corrected chi connectivity index (χ3v) is 8.15. The van der Waals surface area contributed by atoms with E-state index in [0.717, 1.165) is 59.6 Å². The van der Waals surface area contributed by atoms with Crippen LogP contribution in [0.5, 0.6) is 5.75 Å². The zero-order valence-electron chi connectivity index (χ0n) is 23.2. The highest BCUT2D eigenvalue weighted by atomic mass is 16.5. The largest absolute Gasteiger partial charge is 0.496 e. The van der Waals surface area contributed by atoms with E-state index in [0.29, 0.717) is 32.1 Å². The molecule has 2 aliphatic heterocycles. The van der Waals surface area contributed by atoms with Crippen LogP contribution < -0.4 is 9.64 Å². The summed E-state index contributed by atoms with van der Waals surface area (Å²) in [5.41, 5.74) is 4.92. The molecule has 0 unspecified atom stereocenters. The molecule has 0 N–H and O–H groups in total. The smallest absolute Gasteiger partial charge is 0.227 e. The van der Waals surface area contributed by atoms with E-state index in [1.54, 1.807) is 14.0 Å². The molecule has 0 spiro atoms. The van der Waals surface area contributed by atoms with Crippen LogP contribution in [0.2, 0.25) is 0 Å². The van der Waals surface area contributed by atoms with Gasteiger partial charge in [-0.15, -0.1) is 0 Å². The number of carbonyl (C=O) groups is 2. The molecule has 2 aliphatic rings. The van der Waals surface area contributed by atoms with Crippen molar-refractivity contribution in [2.24, 2.45) is 0 Å². The summed E-state index contributed by atoms with van der Waals surface area (Å²) in [5, 5.41) is 0. The maximum Gasteiger partial charge on any atom is 0.227 e. The van der Waals surface area contributed by atoms with Crippen LogP contribution in [0.1, 0.15) is 48.6 Å². The van der Waals surface area contributed by atoms with Crippen molar-refractivity contribution in [2.45, 2.75) is 64.7 Å². The number of aromatic nitrogens is 1. The molecule has 1 fully saturated rings. The molecule has 2 bridgehead atoms. The van der Waals surface area contributed by atoms with Gasteiger partial charge in [0, 0.05) is 57.1 Å². The predicted molar refractivity (Wildman–Crippen MR) is 153 cm³/mol. The average Bonchev–Trinajstić information content (AvgIpc) is 3.29. The summed E-state index contributed by atoms with van der Waals surface area (Å²) in [4.78, 5) is 37.8. The van der Waals surface area contributed by atoms with Crippen molar-refractivity contribution < 1.29 is 14.3 Å². The number of ether oxygens (including phenoxy) is 1. The number of amides is 2. The van der Waals surface area contributed by atoms with Gasteiger partial charge in [-0.3, -0.25) is 19.5 Å². The molecule has 5 rings (SSSR count). The molecule has 204 valence electrons. The van der Waals surface area contributed by atoms with Crippen molar-refractivity contribution >= 4 is 17.5 Å². The van der Waals surface area contributed by atoms with Crippen LogP contribution in [0.15, 0.2) is 66.9 Å². The minimum atomic E-state index is 0.0269. The maximum atomic E-state index is 13.9. The lowest BCUT2D eigenvalue weighted by Gasteiger charge is -2.33. The first-order chi connectivity index (χ1) is 18.9. The lowest BCUT2D eigenvalue weighted by Crippen LogP contribution is -2.45. The van der Waals surface area contributed by atoms with Gasteiger partial charge in [-0.1, -0.05) is 36.4 Å². The molecule has 0 saturated carbocycles. The molecule has 1 aromatic heterocycles. The van der Waals surface area contributed by atoms with Crippen molar-refractivity contribution in [1.29, 1.82) is 0 Å². The maximum absolute atomic E-state index is 13.9. The van der Waals surface area contributed by atoms with E-state index in [-0.39, 0.29) is 17.9 Å². The normalized spacial score (nSPS) is 19.8. The minimum absolute atomic E-state index is 0.0269. The number of anilines is 1. The standard InChI is InChI=1S/C32H38N4O3/c1-23-18-25(11-14-31(23)39-3)19-32(38)34-20-26-8-4-5-10-30(26)35(24(2)37)17-15-28-12-13-29(22-34)36(28)21-27-9-6-7-16-33-27/h4-11,14,16,18,28-29H,12-13,15,17,19-22H2,1-3H3/t28-,29+/m0/s1. The van der Waals surface area contributed by atoms with Gasteiger partial charge in [0.15, 0.2) is 0 Å². The van der Waals surface area contributed by atoms with E-state index < -0.39 is 0 Å². The Balaban J connectivity index is 1.48. The van der Waals surface area contributed by atoms with Gasteiger partial charge in [0.05, 0.1) is 19.2 Å². The summed E-state index contributed by atoms with van der Waals surface area (Å²) in [6.45, 7) is 6.14. The molecule has 0 radical (unpaired) electrons. The van der Waals surface area contributed by atoms with Crippen molar-refractivity contribution in [3.8, 4) is 5.75 Å². The number of aryl methyl sites for hydroxylation is 1. The molecular weight excluding hydrogens is 488 g/mol. The highest BCUT2D eigenvalue weighted by molar-refractivity contribution is 5.92. The summed E-state index contributed by atoms with van der Waals surface area (Å²) in [6, 6.07) is 20.5. The average molecular weight is 527 g/mol. The first-order valence-corrected chi connectivity index (χ1v) is 13.9. The molecule has 3 aromatic rings. The second-order valence-electron chi connectivity index (χ2n) is 10.7. The van der Waals surface area contributed by atoms with Gasteiger partial charge >= 0.3 is 0 Å². The highest BCUT2D eigenvalue weighted by Crippen LogP contribution is 2.32. The Morgan fingerprint density at radius 3 is 2.54 bits per heavy atom. The molecule has 2 atom stereocenters. The first kappa shape index (κ1) is 26.9. The van der Waals surface area contributed by atoms with Gasteiger partial charge in [0.2, 0.25) is 11.8 Å². The van der Waals surface area contributed by atoms with Gasteiger partial charge in [-0.05, 0) is 67.1 Å². The summed E-state index contributed by atoms with van der Waals surface area (Å²) in [6.07, 6.45) is 5.11. The number of rotatable bonds is 5. The Hall–Kier alpha value is -3.71. The van der Waals surface area contributed by atoms with Crippen LogP contribution in [0.4, 0.5) is 5.69 Å². The second-order valence-corrected chi connectivity index (χ2v) is 10.7. The zero-order valence-corrected chi connectivity index (χ0v) is 23.2. The predicted octanol–water partition coefficient (Wildman–Crippen LogP) is 4.76. The molecule has 0 aliphatic carbocycles. The summed E-state index contributed by atoms with van der Waals surface area (Å²) in [5.74, 6) is 0.935. The van der Waals surface area contributed by atoms with Crippen LogP contribution in [0.3, 0.4) is 0 Å². The van der Waals surface area contributed by atoms with Crippen molar-refractivity contribution in [2.75, 3.05) is 25.1 Å². The topological polar surface area (TPSA) is 66.0 Å². The summed E-state index contributed by atoms with van der Waals surface area (Å²) in [7, 11) is 1.66. The number of benzene rings is 2. The fourth-order valence-corrected chi connectivity index (χ4v) is 6.14. The molecule has 39 heavy (non-hydrogen) atoms. The van der Waals surface area contributed by atoms with Crippen LogP contribution >= 0.6 is 0 Å². The number of pyridine rings is 1. The Kier molecular flexibility index (Phi) is 8.27. The van der Waals surface area contributed by atoms with E-state index in [9.17, 15) is 9.59 Å². The SMILES string of the molecule is COc1ccc(CC(=O)N2Cc3ccccc3N(C(C)=O)CC[C@@H]3CC[C@H](C2)N3Cc2ccccn2)cc1C. The third kappa shape index (κ3) is 6.14. The molecule has 7 nitrogen and oxygen atoms in total. The highest BCUT2D eigenvalue weighted by Gasteiger charge is 2.36. The Morgan fingerprint density at radius 1 is 1.00 bits per heavy atom. The fraction of sp³-hybridized carbons (Fsp3) is 0.406. The van der Waals surface area contributed by atoms with Gasteiger partial charge < -0.3 is 14.5 Å². The molecule has 7 heteroatoms. The minimum Gasteiger partial charge on any atom is -0.496 e. The van der Waals surface area contributed by atoms with Crippen LogP contribution in [-0.4, -0.2) is 58.9 Å². The van der Waals surface area contributed by atoms with Crippen LogP contribution in [0.25, 0.3) is 0 Å². The number of nitrogens with zero attached hydrogens (tertiary/aromatic N) is 4. The van der Waals surface area contributed by atoms with Gasteiger partial charge in [-0.25, -0.2) is 0 Å². The van der Waals surface area contributed by atoms with E-state index in [1.165, 1.54) is 0 Å². The Bertz CT molecular complexity index is 1310. The number of para-hydroxylation sites is 1. The number of hydrogen-bond donors (Lipinski definition) is 0. The molecule has 3 heterocycles. The lowest BCUT2D eigenvalue weighted by atomic mass is 10.0. The third-order valence-electron chi connectivity index (χ3n) is 8.15. The lowest BCUT2D eigenvalue weighted by molar-refractivity contribution is -0.132. The molecule has 2 amide bonds. The Morgan fingerprint density at radius 2 is 1.79 bits per heavy atom. The molecule has 2 aromatic carbocycles. The second kappa shape index (κ2) is 12.0. The summed E-state index contributed by atoms with van der Waals surface area (Å²) < 4.78 is 5.41. The monoisotopic (exact) mass is 526 g/mol. The van der Waals surface area contributed by atoms with Crippen LogP contribution in [-0.2, 0) is 29.1 Å². The van der Waals surface area contributed by atoms with E-state index in [2.05, 4.69) is 16.0 Å². The molecular formula is C32H38N4O3. The van der Waals surface area contributed by atoms with Crippen molar-refractivity contribution in [3.63, 3.8) is 0 Å². The van der Waals surface area contributed by atoms with Gasteiger partial charge in [-0.2, -0.15) is 0 Å². The summed E-state index contributed by atoms with van der Waals surface area (Å²) >= 11 is 0. The quantitative estimate of drug-likeness (QED) is 0.480. The van der Waals surface area contributed by atoms with E-state index in [4.69, 9.17) is 4.74 Å². The first-order valence-electron chi connectivity index (χ1n) is 13.9. The van der Waals surface area contributed by atoms with Crippen LogP contribution in [0, 0.1) is 6.92 Å². The Labute approximate surface area is 231 Å². The van der Waals surface area contributed by atoms with E-state index >= 15 is 0 Å². The van der Waals surface area contributed by atoms with Crippen molar-refractivity contribution in [1.82, 2.24) is 14.8 Å². The number of fused-ring (bicyclic) bond motifs is 3. The number of methoxy groups -OCH3 is 1. The van der Waals surface area contributed by atoms with Gasteiger partial charge in [0.25, 0.3) is 0 Å². The number of carbonyl (C=O) groups excluding carboxylic acids is 2.